The fraction of sp³-hybridized carbons (Fsp3) is 0.900. The summed E-state index contributed by atoms with van der Waals surface area (Å²) >= 11 is 0. The van der Waals surface area contributed by atoms with Gasteiger partial charge in [0.15, 0.2) is 0 Å². The van der Waals surface area contributed by atoms with Crippen LogP contribution in [0.4, 0.5) is 0 Å². The van der Waals surface area contributed by atoms with Crippen molar-refractivity contribution in [1.82, 2.24) is 10.6 Å². The molecule has 5 fully saturated rings. The summed E-state index contributed by atoms with van der Waals surface area (Å²) in [6.45, 7) is 8.30. The van der Waals surface area contributed by atoms with Crippen LogP contribution in [0, 0.1) is 0 Å². The summed E-state index contributed by atoms with van der Waals surface area (Å²) in [6, 6.07) is 0. The van der Waals surface area contributed by atoms with E-state index >= 15 is 0 Å². The lowest BCUT2D eigenvalue weighted by atomic mass is 9.67. The first kappa shape index (κ1) is 28.5. The van der Waals surface area contributed by atoms with E-state index in [1.165, 1.54) is 70.6 Å². The van der Waals surface area contributed by atoms with E-state index in [4.69, 9.17) is 0 Å². The van der Waals surface area contributed by atoms with Gasteiger partial charge < -0.3 is 10.6 Å². The number of carbonyl (C=O) groups excluding carboxylic acids is 3. The summed E-state index contributed by atoms with van der Waals surface area (Å²) in [5, 5.41) is 7.44. The van der Waals surface area contributed by atoms with Crippen molar-refractivity contribution in [3.8, 4) is 0 Å². The molecule has 200 valence electrons. The van der Waals surface area contributed by atoms with Crippen molar-refractivity contribution in [2.75, 3.05) is 0 Å². The lowest BCUT2D eigenvalue weighted by Crippen LogP contribution is -2.64. The van der Waals surface area contributed by atoms with Crippen LogP contribution in [0.5, 0.6) is 0 Å². The van der Waals surface area contributed by atoms with Crippen LogP contribution in [0.1, 0.15) is 150 Å². The fourth-order valence-corrected chi connectivity index (χ4v) is 7.53. The van der Waals surface area contributed by atoms with E-state index in [0.717, 1.165) is 38.5 Å². The van der Waals surface area contributed by atoms with Gasteiger partial charge in [-0.05, 0) is 66.2 Å². The third-order valence-corrected chi connectivity index (χ3v) is 8.59. The van der Waals surface area contributed by atoms with Gasteiger partial charge in [-0.3, -0.25) is 14.4 Å². The molecule has 2 N–H and O–H groups in total. The Hall–Kier alpha value is -1.07. The zero-order chi connectivity index (χ0) is 25.6. The van der Waals surface area contributed by atoms with Crippen molar-refractivity contribution in [2.45, 2.75) is 172 Å². The summed E-state index contributed by atoms with van der Waals surface area (Å²) in [4.78, 5) is 33.9. The number of rotatable bonds is 0. The molecule has 0 radical (unpaired) electrons. The third-order valence-electron chi connectivity index (χ3n) is 8.59. The highest BCUT2D eigenvalue weighted by Crippen LogP contribution is 2.42. The van der Waals surface area contributed by atoms with Gasteiger partial charge in [-0.25, -0.2) is 0 Å². The van der Waals surface area contributed by atoms with Gasteiger partial charge in [0.05, 0.1) is 0 Å². The minimum Gasteiger partial charge on any atom is -0.306 e. The molecule has 2 heterocycles. The average molecular weight is 489 g/mol. The first-order valence-corrected chi connectivity index (χ1v) is 14.6. The summed E-state index contributed by atoms with van der Waals surface area (Å²) in [7, 11) is 0. The maximum absolute atomic E-state index is 12.2. The normalized spacial score (nSPS) is 29.0. The van der Waals surface area contributed by atoms with Gasteiger partial charge in [0.2, 0.25) is 0 Å². The Morgan fingerprint density at radius 2 is 0.829 bits per heavy atom. The number of carbonyl (C=O) groups is 3. The predicted octanol–water partition coefficient (Wildman–Crippen LogP) is 6.36. The van der Waals surface area contributed by atoms with Gasteiger partial charge in [-0.15, -0.1) is 0 Å². The Bertz CT molecular complexity index is 689. The molecule has 2 spiro atoms. The van der Waals surface area contributed by atoms with Crippen molar-refractivity contribution in [2.24, 2.45) is 0 Å². The molecule has 5 aliphatic rings. The van der Waals surface area contributed by atoms with Crippen molar-refractivity contribution < 1.29 is 14.4 Å². The summed E-state index contributed by atoms with van der Waals surface area (Å²) < 4.78 is 0. The first-order chi connectivity index (χ1) is 16.4. The van der Waals surface area contributed by atoms with Gasteiger partial charge in [-0.2, -0.15) is 0 Å². The maximum Gasteiger partial charge on any atom is 0.136 e. The lowest BCUT2D eigenvalue weighted by molar-refractivity contribution is -0.127. The van der Waals surface area contributed by atoms with E-state index in [-0.39, 0.29) is 22.2 Å². The molecule has 0 amide bonds. The van der Waals surface area contributed by atoms with Gasteiger partial charge >= 0.3 is 0 Å². The highest BCUT2D eigenvalue weighted by Gasteiger charge is 2.47. The zero-order valence-corrected chi connectivity index (χ0v) is 23.2. The second kappa shape index (κ2) is 12.0. The molecule has 3 aliphatic carbocycles. The molecular formula is C30H52N2O3. The minimum atomic E-state index is -0.0150. The van der Waals surface area contributed by atoms with E-state index < -0.39 is 0 Å². The van der Waals surface area contributed by atoms with E-state index in [9.17, 15) is 14.4 Å². The molecule has 5 rings (SSSR count). The van der Waals surface area contributed by atoms with Gasteiger partial charge in [0.25, 0.3) is 0 Å². The van der Waals surface area contributed by atoms with Crippen LogP contribution in [0.2, 0.25) is 0 Å². The van der Waals surface area contributed by atoms with Gasteiger partial charge in [0, 0.05) is 60.7 Å². The van der Waals surface area contributed by atoms with Crippen LogP contribution in [0.25, 0.3) is 0 Å². The topological polar surface area (TPSA) is 75.3 Å². The summed E-state index contributed by atoms with van der Waals surface area (Å²) in [5.74, 6) is 1.37. The smallest absolute Gasteiger partial charge is 0.136 e. The van der Waals surface area contributed by atoms with E-state index in [1.54, 1.807) is 0 Å². The number of ketones is 3. The molecule has 0 aromatic rings. The maximum atomic E-state index is 12.2. The van der Waals surface area contributed by atoms with E-state index in [0.29, 0.717) is 30.2 Å². The molecular weight excluding hydrogens is 436 g/mol. The Kier molecular flexibility index (Phi) is 9.76. The molecule has 0 aromatic heterocycles. The van der Waals surface area contributed by atoms with E-state index in [1.807, 2.05) is 0 Å². The van der Waals surface area contributed by atoms with Crippen molar-refractivity contribution in [3.05, 3.63) is 0 Å². The standard InChI is InChI=1S/C15H25NO.C9H17NO.C6H10O/c17-13-11-14(7-3-1-4-8-14)16-15(12-13)9-5-2-6-10-15;1-8(2)5-7(11)6-9(3,4)10-8;7-6-4-2-1-3-5-6/h16H,1-12H2;10H,5-6H2,1-4H3;1-5H2. The molecule has 0 bridgehead atoms. The third kappa shape index (κ3) is 9.07. The monoisotopic (exact) mass is 488 g/mol. The number of piperidine rings is 2. The molecule has 2 saturated heterocycles. The Morgan fingerprint density at radius 3 is 1.17 bits per heavy atom. The summed E-state index contributed by atoms with van der Waals surface area (Å²) in [6.07, 6.45) is 21.1. The number of hydrogen-bond donors (Lipinski definition) is 2. The average Bonchev–Trinajstić information content (AvgIpc) is 2.73. The quantitative estimate of drug-likeness (QED) is 0.415. The van der Waals surface area contributed by atoms with Crippen molar-refractivity contribution >= 4 is 17.3 Å². The molecule has 2 aliphatic heterocycles. The number of nitrogens with one attached hydrogen (secondary N) is 2. The van der Waals surface area contributed by atoms with Crippen LogP contribution >= 0.6 is 0 Å². The van der Waals surface area contributed by atoms with E-state index in [2.05, 4.69) is 38.3 Å². The molecule has 5 heteroatoms. The molecule has 0 atom stereocenters. The Labute approximate surface area is 214 Å². The van der Waals surface area contributed by atoms with Crippen LogP contribution in [-0.4, -0.2) is 39.5 Å². The predicted molar refractivity (Wildman–Crippen MR) is 143 cm³/mol. The highest BCUT2D eigenvalue weighted by molar-refractivity contribution is 5.82. The van der Waals surface area contributed by atoms with Crippen molar-refractivity contribution in [3.63, 3.8) is 0 Å². The lowest BCUT2D eigenvalue weighted by Gasteiger charge is -2.52. The zero-order valence-electron chi connectivity index (χ0n) is 23.2. The summed E-state index contributed by atoms with van der Waals surface area (Å²) in [5.41, 5.74) is 0.369. The number of Topliss-reactive ketones (excluding diaryl/α,β-unsaturated/α-hetero) is 3. The fourth-order valence-electron chi connectivity index (χ4n) is 7.53. The first-order valence-electron chi connectivity index (χ1n) is 14.6. The van der Waals surface area contributed by atoms with Crippen LogP contribution < -0.4 is 10.6 Å². The Balaban J connectivity index is 0.000000163. The van der Waals surface area contributed by atoms with Crippen LogP contribution in [0.15, 0.2) is 0 Å². The Morgan fingerprint density at radius 1 is 0.457 bits per heavy atom. The SMILES string of the molecule is CC1(C)CC(=O)CC(C)(C)N1.O=C1CC2(CCCCC2)NC2(CCCCC2)C1.O=C1CCCCC1. The van der Waals surface area contributed by atoms with Gasteiger partial charge in [-0.1, -0.05) is 44.9 Å². The highest BCUT2D eigenvalue weighted by atomic mass is 16.1. The van der Waals surface area contributed by atoms with Gasteiger partial charge in [0.1, 0.15) is 17.3 Å². The molecule has 3 saturated carbocycles. The molecule has 35 heavy (non-hydrogen) atoms. The van der Waals surface area contributed by atoms with Crippen molar-refractivity contribution in [1.29, 1.82) is 0 Å². The molecule has 0 unspecified atom stereocenters. The second-order valence-corrected chi connectivity index (χ2v) is 13.6. The molecule has 5 nitrogen and oxygen atoms in total. The minimum absolute atomic E-state index is 0.0150. The van der Waals surface area contributed by atoms with Crippen LogP contribution in [0.3, 0.4) is 0 Å². The largest absolute Gasteiger partial charge is 0.306 e. The molecule has 0 aromatic carbocycles. The van der Waals surface area contributed by atoms with Crippen LogP contribution in [-0.2, 0) is 14.4 Å². The number of hydrogen-bond acceptors (Lipinski definition) is 5. The second-order valence-electron chi connectivity index (χ2n) is 13.6.